The Bertz CT molecular complexity index is 3870. The highest BCUT2D eigenvalue weighted by Gasteiger charge is 2.26. The molecule has 4 aromatic heterocycles. The normalized spacial score (nSPS) is 12.3. The second-order valence-corrected chi connectivity index (χ2v) is 23.8. The Morgan fingerprint density at radius 1 is 0.330 bits per heavy atom. The maximum absolute atomic E-state index is 14.0. The van der Waals surface area contributed by atoms with Crippen LogP contribution in [-0.4, -0.2) is 118 Å². The van der Waals surface area contributed by atoms with Crippen molar-refractivity contribution in [2.24, 2.45) is 9.98 Å². The van der Waals surface area contributed by atoms with Gasteiger partial charge in [0.15, 0.2) is 0 Å². The number of carbonyl (C=O) groups is 6. The van der Waals surface area contributed by atoms with Gasteiger partial charge in [-0.05, 0) is 106 Å². The molecule has 506 valence electrons. The molecule has 10 aromatic rings. The molecule has 0 fully saturated rings. The first kappa shape index (κ1) is 70.5. The molecule has 10 rings (SSSR count). The van der Waals surface area contributed by atoms with Crippen LogP contribution < -0.4 is 41.7 Å². The maximum atomic E-state index is 14.0. The van der Waals surface area contributed by atoms with Crippen LogP contribution in [0.4, 0.5) is 11.4 Å². The second kappa shape index (κ2) is 37.8. The fourth-order valence-corrected chi connectivity index (χ4v) is 11.0. The fraction of sp³-hybridized carbons (Fsp3) is 0.200. The molecule has 1 unspecified atom stereocenters. The summed E-state index contributed by atoms with van der Waals surface area (Å²) in [5.74, 6) is -3.23. The summed E-state index contributed by atoms with van der Waals surface area (Å²) in [5.41, 5.74) is 10.3. The summed E-state index contributed by atoms with van der Waals surface area (Å²) >= 11 is 0. The molecule has 0 radical (unpaired) electrons. The summed E-state index contributed by atoms with van der Waals surface area (Å²) in [7, 11) is 0. The van der Waals surface area contributed by atoms with E-state index in [2.05, 4.69) is 61.6 Å². The van der Waals surface area contributed by atoms with Gasteiger partial charge in [-0.3, -0.25) is 58.7 Å². The van der Waals surface area contributed by atoms with Crippen LogP contribution >= 0.6 is 0 Å². The molecule has 20 heteroatoms. The van der Waals surface area contributed by atoms with E-state index in [9.17, 15) is 28.8 Å². The van der Waals surface area contributed by atoms with Gasteiger partial charge in [0.05, 0.1) is 62.0 Å². The number of nitrogens with one attached hydrogen (secondary N) is 6. The minimum Gasteiger partial charge on any atom is -0.360 e. The molecule has 4 atom stereocenters. The molecule has 6 N–H and O–H groups in total. The number of rotatable bonds is 35. The Kier molecular flexibility index (Phi) is 26.7. The van der Waals surface area contributed by atoms with Crippen molar-refractivity contribution in [1.29, 1.82) is 0 Å². The third-order valence-corrected chi connectivity index (χ3v) is 16.2. The van der Waals surface area contributed by atoms with E-state index >= 15 is 0 Å². The zero-order valence-electron chi connectivity index (χ0n) is 55.4. The third-order valence-electron chi connectivity index (χ3n) is 16.2. The van der Waals surface area contributed by atoms with Crippen LogP contribution in [0.25, 0.3) is 0 Å². The van der Waals surface area contributed by atoms with E-state index in [1.165, 1.54) is 0 Å². The predicted molar refractivity (Wildman–Crippen MR) is 389 cm³/mol. The molecule has 20 nitrogen and oxygen atoms in total. The first-order valence-corrected chi connectivity index (χ1v) is 33.2. The van der Waals surface area contributed by atoms with Gasteiger partial charge in [0.1, 0.15) is 24.2 Å². The van der Waals surface area contributed by atoms with Gasteiger partial charge in [-0.15, -0.1) is 0 Å². The van der Waals surface area contributed by atoms with E-state index in [4.69, 9.17) is 9.98 Å². The van der Waals surface area contributed by atoms with E-state index in [1.54, 1.807) is 37.2 Å². The SMILES string of the molecule is O=C(CNC(=O)[C@H](Cc1ccccc1)N=Cc1ccc(N(Cc2ccccn2)Cc2ccccn2)cc1)NC(Cc1ccccc1)C(=O)NCCNC(=O)[C@@H](Cc1ccccc1)NC(=O)CNC(=O)[C@H](Cc1ccccc1)N=Cc1ccc(N(Cc2ccccn2)Cc2ccccn2)cc1. The van der Waals surface area contributed by atoms with Gasteiger partial charge in [0.2, 0.25) is 35.4 Å². The van der Waals surface area contributed by atoms with Crippen molar-refractivity contribution < 1.29 is 28.8 Å². The summed E-state index contributed by atoms with van der Waals surface area (Å²) in [6.07, 6.45) is 11.2. The molecule has 100 heavy (non-hydrogen) atoms. The van der Waals surface area contributed by atoms with Crippen LogP contribution in [0.1, 0.15) is 56.2 Å². The number of aromatic nitrogens is 4. The highest BCUT2D eigenvalue weighted by atomic mass is 16.2. The number of carbonyl (C=O) groups excluding carboxylic acids is 6. The van der Waals surface area contributed by atoms with E-state index < -0.39 is 72.7 Å². The van der Waals surface area contributed by atoms with E-state index in [1.807, 2.05) is 243 Å². The number of benzene rings is 6. The van der Waals surface area contributed by atoms with Gasteiger partial charge in [-0.25, -0.2) is 0 Å². The lowest BCUT2D eigenvalue weighted by atomic mass is 10.0. The average molecular weight is 1330 g/mol. The molecule has 6 amide bonds. The Balaban J connectivity index is 0.732. The topological polar surface area (TPSA) is 257 Å². The molecule has 0 saturated heterocycles. The Hall–Kier alpha value is -12.3. The molecule has 0 aliphatic carbocycles. The summed E-state index contributed by atoms with van der Waals surface area (Å²) in [4.78, 5) is 116. The highest BCUT2D eigenvalue weighted by Crippen LogP contribution is 2.23. The number of amides is 6. The van der Waals surface area contributed by atoms with Gasteiger partial charge >= 0.3 is 0 Å². The number of hydrogen-bond donors (Lipinski definition) is 6. The van der Waals surface area contributed by atoms with Gasteiger partial charge < -0.3 is 41.7 Å². The predicted octanol–water partition coefficient (Wildman–Crippen LogP) is 8.36. The van der Waals surface area contributed by atoms with E-state index in [0.717, 1.165) is 67.5 Å². The van der Waals surface area contributed by atoms with Crippen molar-refractivity contribution in [2.75, 3.05) is 36.0 Å². The Morgan fingerprint density at radius 2 is 0.620 bits per heavy atom. The minimum absolute atomic E-state index is 0.0368. The zero-order chi connectivity index (χ0) is 69.4. The van der Waals surface area contributed by atoms with Crippen LogP contribution in [0.15, 0.2) is 277 Å². The number of aliphatic imine (C=N–C) groups is 2. The van der Waals surface area contributed by atoms with Gasteiger partial charge in [-0.2, -0.15) is 0 Å². The molecule has 0 saturated carbocycles. The van der Waals surface area contributed by atoms with Crippen LogP contribution in [0.2, 0.25) is 0 Å². The molecule has 6 aromatic carbocycles. The van der Waals surface area contributed by atoms with Gasteiger partial charge in [0, 0.05) is 87.4 Å². The molecule has 0 spiro atoms. The maximum Gasteiger partial charge on any atom is 0.245 e. The summed E-state index contributed by atoms with van der Waals surface area (Å²) in [5, 5.41) is 16.8. The first-order valence-electron chi connectivity index (χ1n) is 33.2. The zero-order valence-corrected chi connectivity index (χ0v) is 55.4. The average Bonchev–Trinajstić information content (AvgIpc) is 0.875. The first-order chi connectivity index (χ1) is 49.0. The lowest BCUT2D eigenvalue weighted by molar-refractivity contribution is -0.130. The summed E-state index contributed by atoms with van der Waals surface area (Å²) < 4.78 is 0. The van der Waals surface area contributed by atoms with E-state index in [-0.39, 0.29) is 38.8 Å². The molecule has 0 bridgehead atoms. The molecular weight excluding hydrogens is 1250 g/mol. The monoisotopic (exact) mass is 1330 g/mol. The van der Waals surface area contributed by atoms with Crippen molar-refractivity contribution in [3.63, 3.8) is 0 Å². The Morgan fingerprint density at radius 3 is 0.910 bits per heavy atom. The Labute approximate surface area is 582 Å². The quantitative estimate of drug-likeness (QED) is 0.0162. The lowest BCUT2D eigenvalue weighted by Crippen LogP contribution is -2.53. The smallest absolute Gasteiger partial charge is 0.245 e. The number of anilines is 2. The highest BCUT2D eigenvalue weighted by molar-refractivity contribution is 5.94. The molecule has 4 heterocycles. The number of hydrogen-bond acceptors (Lipinski definition) is 14. The second-order valence-electron chi connectivity index (χ2n) is 23.8. The van der Waals surface area contributed by atoms with Crippen LogP contribution in [0.3, 0.4) is 0 Å². The van der Waals surface area contributed by atoms with Gasteiger partial charge in [0.25, 0.3) is 0 Å². The van der Waals surface area contributed by atoms with Crippen LogP contribution in [-0.2, 0) is 80.6 Å². The molecule has 0 aliphatic rings. The van der Waals surface area contributed by atoms with Crippen molar-refractivity contribution in [3.05, 3.63) is 324 Å². The van der Waals surface area contributed by atoms with Crippen molar-refractivity contribution in [1.82, 2.24) is 51.8 Å². The third kappa shape index (κ3) is 23.2. The van der Waals surface area contributed by atoms with Crippen LogP contribution in [0.5, 0.6) is 0 Å². The minimum atomic E-state index is -1.07. The van der Waals surface area contributed by atoms with Crippen molar-refractivity contribution in [3.8, 4) is 0 Å². The molecule has 0 aliphatic heterocycles. The van der Waals surface area contributed by atoms with Crippen molar-refractivity contribution in [2.45, 2.75) is 76.0 Å². The largest absolute Gasteiger partial charge is 0.360 e. The number of nitrogens with zero attached hydrogens (tertiary/aromatic N) is 8. The standard InChI is InChI=1S/C80H80N14O6/c95-75(53-89-77(97)71(47-59-21-5-1-6-22-59)87-51-63-33-37-69(38-34-63)93(55-65-29-13-17-41-81-65)56-66-30-14-18-42-82-66)91-73(49-61-25-9-3-10-26-61)79(99)85-45-46-86-80(100)74(50-62-27-11-4-12-28-62)92-76(96)54-90-78(98)72(48-60-23-7-2-8-24-60)88-52-64-35-39-70(40-36-64)94(57-67-31-15-19-43-83-67)58-68-32-16-20-44-84-68/h1-44,51-52,71-74H,45-50,53-58H2,(H,85,99)(H,86,100)(H,89,97)(H,90,98)(H,91,95)(H,92,96)/t71-,72-,73+,74?/m0/s1. The summed E-state index contributed by atoms with van der Waals surface area (Å²) in [6.45, 7) is 1.27. The molecular formula is C80H80N14O6. The van der Waals surface area contributed by atoms with Crippen molar-refractivity contribution >= 4 is 59.2 Å². The number of pyridine rings is 4. The van der Waals surface area contributed by atoms with Gasteiger partial charge in [-0.1, -0.05) is 170 Å². The summed E-state index contributed by atoms with van der Waals surface area (Å²) in [6, 6.07) is 72.4. The van der Waals surface area contributed by atoms with Crippen LogP contribution in [0, 0.1) is 0 Å². The lowest BCUT2D eigenvalue weighted by Gasteiger charge is -2.24. The fourth-order valence-electron chi connectivity index (χ4n) is 11.0. The van der Waals surface area contributed by atoms with E-state index in [0.29, 0.717) is 26.2 Å².